The highest BCUT2D eigenvalue weighted by atomic mass is 16.7. The maximum atomic E-state index is 12.9. The first kappa shape index (κ1) is 15.5. The fraction of sp³-hybridized carbons (Fsp3) is 0.353. The van der Waals surface area contributed by atoms with Crippen molar-refractivity contribution in [3.63, 3.8) is 0 Å². The smallest absolute Gasteiger partial charge is 0.259 e. The Hall–Kier alpha value is -3.03. The quantitative estimate of drug-likeness (QED) is 0.848. The van der Waals surface area contributed by atoms with E-state index in [9.17, 15) is 14.4 Å². The van der Waals surface area contributed by atoms with Crippen molar-refractivity contribution in [3.8, 4) is 11.5 Å². The molecule has 1 saturated heterocycles. The molecule has 0 spiro atoms. The number of aryl methyl sites for hydroxylation is 1. The number of aromatic nitrogens is 1. The lowest BCUT2D eigenvalue weighted by molar-refractivity contribution is -0.123. The number of fused-ring (bicyclic) bond motifs is 2. The van der Waals surface area contributed by atoms with Crippen LogP contribution < -0.4 is 20.2 Å². The van der Waals surface area contributed by atoms with Crippen molar-refractivity contribution in [1.82, 2.24) is 14.8 Å². The average Bonchev–Trinajstić information content (AvgIpc) is 3.08. The van der Waals surface area contributed by atoms with Crippen molar-refractivity contribution in [2.24, 2.45) is 0 Å². The van der Waals surface area contributed by atoms with Gasteiger partial charge in [0.2, 0.25) is 18.1 Å². The number of nitrogens with zero attached hydrogens (tertiary/aromatic N) is 2. The number of carbonyl (C=O) groups is 2. The van der Waals surface area contributed by atoms with Gasteiger partial charge in [0.15, 0.2) is 11.5 Å². The van der Waals surface area contributed by atoms with Crippen LogP contribution in [0.25, 0.3) is 10.9 Å². The van der Waals surface area contributed by atoms with Crippen LogP contribution >= 0.6 is 0 Å². The number of piperazine rings is 1. The Bertz CT molecular complexity index is 949. The van der Waals surface area contributed by atoms with Crippen molar-refractivity contribution in [2.75, 3.05) is 26.4 Å². The second-order valence-corrected chi connectivity index (χ2v) is 5.96. The molecule has 2 aliphatic heterocycles. The van der Waals surface area contributed by atoms with E-state index in [4.69, 9.17) is 9.47 Å². The van der Waals surface area contributed by atoms with Gasteiger partial charge in [0.1, 0.15) is 5.56 Å². The Kier molecular flexibility index (Phi) is 3.60. The van der Waals surface area contributed by atoms with E-state index in [1.165, 1.54) is 4.90 Å². The molecule has 0 radical (unpaired) electrons. The molecule has 25 heavy (non-hydrogen) atoms. The number of nitrogens with one attached hydrogen (secondary N) is 1. The van der Waals surface area contributed by atoms with Crippen LogP contribution in [0.4, 0.5) is 0 Å². The van der Waals surface area contributed by atoms with Gasteiger partial charge in [-0.3, -0.25) is 14.4 Å². The molecular formula is C17H17N3O5. The minimum absolute atomic E-state index is 0.0381. The molecule has 2 aromatic rings. The Morgan fingerprint density at radius 1 is 1.24 bits per heavy atom. The van der Waals surface area contributed by atoms with Crippen LogP contribution in [0.15, 0.2) is 23.1 Å². The molecule has 1 fully saturated rings. The van der Waals surface area contributed by atoms with Crippen molar-refractivity contribution in [1.29, 1.82) is 0 Å². The molecule has 2 aliphatic rings. The molecule has 130 valence electrons. The second kappa shape index (κ2) is 5.80. The summed E-state index contributed by atoms with van der Waals surface area (Å²) in [5.41, 5.74) is 0.376. The molecule has 1 aromatic heterocycles. The molecule has 2 amide bonds. The van der Waals surface area contributed by atoms with Gasteiger partial charge in [-0.25, -0.2) is 0 Å². The summed E-state index contributed by atoms with van der Waals surface area (Å²) in [5.74, 6) is 0.427. The molecule has 1 aromatic carbocycles. The minimum Gasteiger partial charge on any atom is -0.454 e. The van der Waals surface area contributed by atoms with Crippen LogP contribution in [0.5, 0.6) is 11.5 Å². The summed E-state index contributed by atoms with van der Waals surface area (Å²) >= 11 is 0. The Morgan fingerprint density at radius 2 is 2.00 bits per heavy atom. The van der Waals surface area contributed by atoms with Gasteiger partial charge in [-0.15, -0.1) is 0 Å². The molecule has 1 N–H and O–H groups in total. The summed E-state index contributed by atoms with van der Waals surface area (Å²) in [4.78, 5) is 38.6. The lowest BCUT2D eigenvalue weighted by Gasteiger charge is -2.26. The fourth-order valence-electron chi connectivity index (χ4n) is 3.18. The standard InChI is InChI=1S/C17H17N3O5/c1-2-19-7-11(17(23)20-4-3-18-15(21)8-20)16(22)10-5-13-14(6-12(10)19)25-9-24-13/h5-7H,2-4,8-9H2,1H3,(H,18,21). The maximum absolute atomic E-state index is 12.9. The molecule has 0 bridgehead atoms. The Balaban J connectivity index is 1.85. The van der Waals surface area contributed by atoms with Gasteiger partial charge in [0.25, 0.3) is 5.91 Å². The number of amides is 2. The SMILES string of the molecule is CCn1cc(C(=O)N2CCNC(=O)C2)c(=O)c2cc3c(cc21)OCO3. The predicted molar refractivity (Wildman–Crippen MR) is 88.9 cm³/mol. The Labute approximate surface area is 142 Å². The number of carbonyl (C=O) groups excluding carboxylic acids is 2. The summed E-state index contributed by atoms with van der Waals surface area (Å²) < 4.78 is 12.5. The third-order valence-electron chi connectivity index (χ3n) is 4.47. The molecule has 8 nitrogen and oxygen atoms in total. The van der Waals surface area contributed by atoms with E-state index in [1.54, 1.807) is 18.3 Å². The predicted octanol–water partition coefficient (Wildman–Crippen LogP) is 0.322. The zero-order valence-electron chi connectivity index (χ0n) is 13.7. The number of hydrogen-bond acceptors (Lipinski definition) is 5. The molecule has 0 unspecified atom stereocenters. The highest BCUT2D eigenvalue weighted by Crippen LogP contribution is 2.35. The largest absolute Gasteiger partial charge is 0.454 e. The maximum Gasteiger partial charge on any atom is 0.259 e. The van der Waals surface area contributed by atoms with Gasteiger partial charge >= 0.3 is 0 Å². The van der Waals surface area contributed by atoms with E-state index in [0.717, 1.165) is 0 Å². The zero-order chi connectivity index (χ0) is 17.6. The van der Waals surface area contributed by atoms with Crippen LogP contribution in [0.2, 0.25) is 0 Å². The van der Waals surface area contributed by atoms with E-state index in [1.807, 2.05) is 11.5 Å². The lowest BCUT2D eigenvalue weighted by Crippen LogP contribution is -2.50. The van der Waals surface area contributed by atoms with Crippen LogP contribution in [-0.2, 0) is 11.3 Å². The zero-order valence-corrected chi connectivity index (χ0v) is 13.7. The number of hydrogen-bond donors (Lipinski definition) is 1. The van der Waals surface area contributed by atoms with Crippen molar-refractivity contribution in [2.45, 2.75) is 13.5 Å². The molecule has 3 heterocycles. The van der Waals surface area contributed by atoms with E-state index in [2.05, 4.69) is 5.32 Å². The number of ether oxygens (including phenoxy) is 2. The topological polar surface area (TPSA) is 89.9 Å². The molecule has 4 rings (SSSR count). The summed E-state index contributed by atoms with van der Waals surface area (Å²) in [6.45, 7) is 3.35. The van der Waals surface area contributed by atoms with Gasteiger partial charge in [0.05, 0.1) is 17.4 Å². The Morgan fingerprint density at radius 3 is 2.72 bits per heavy atom. The monoisotopic (exact) mass is 343 g/mol. The second-order valence-electron chi connectivity index (χ2n) is 5.96. The number of benzene rings is 1. The van der Waals surface area contributed by atoms with E-state index in [-0.39, 0.29) is 30.2 Å². The number of pyridine rings is 1. The van der Waals surface area contributed by atoms with Crippen LogP contribution in [0.1, 0.15) is 17.3 Å². The summed E-state index contributed by atoms with van der Waals surface area (Å²) in [6, 6.07) is 3.37. The molecule has 0 atom stereocenters. The lowest BCUT2D eigenvalue weighted by atomic mass is 10.1. The fourth-order valence-corrected chi connectivity index (χ4v) is 3.18. The molecular weight excluding hydrogens is 326 g/mol. The molecule has 0 aliphatic carbocycles. The first-order valence-electron chi connectivity index (χ1n) is 8.11. The van der Waals surface area contributed by atoms with Gasteiger partial charge in [-0.05, 0) is 13.0 Å². The number of rotatable bonds is 2. The normalized spacial score (nSPS) is 16.2. The van der Waals surface area contributed by atoms with E-state index in [0.29, 0.717) is 42.0 Å². The molecule has 8 heteroatoms. The van der Waals surface area contributed by atoms with E-state index < -0.39 is 5.91 Å². The summed E-state index contributed by atoms with van der Waals surface area (Å²) in [5, 5.41) is 3.07. The average molecular weight is 343 g/mol. The third kappa shape index (κ3) is 2.50. The van der Waals surface area contributed by atoms with E-state index >= 15 is 0 Å². The van der Waals surface area contributed by atoms with Crippen molar-refractivity contribution < 1.29 is 19.1 Å². The third-order valence-corrected chi connectivity index (χ3v) is 4.47. The first-order chi connectivity index (χ1) is 12.1. The highest BCUT2D eigenvalue weighted by molar-refractivity contribution is 5.99. The van der Waals surface area contributed by atoms with Gasteiger partial charge in [0, 0.05) is 31.9 Å². The highest BCUT2D eigenvalue weighted by Gasteiger charge is 2.26. The summed E-state index contributed by atoms with van der Waals surface area (Å²) in [6.07, 6.45) is 1.56. The van der Waals surface area contributed by atoms with Crippen LogP contribution in [0, 0.1) is 0 Å². The van der Waals surface area contributed by atoms with Crippen LogP contribution in [-0.4, -0.2) is 47.7 Å². The first-order valence-corrected chi connectivity index (χ1v) is 8.11. The summed E-state index contributed by atoms with van der Waals surface area (Å²) in [7, 11) is 0. The van der Waals surface area contributed by atoms with Crippen molar-refractivity contribution >= 4 is 22.7 Å². The molecule has 0 saturated carbocycles. The van der Waals surface area contributed by atoms with Gasteiger partial charge < -0.3 is 24.3 Å². The van der Waals surface area contributed by atoms with Gasteiger partial charge in [-0.1, -0.05) is 0 Å². The van der Waals surface area contributed by atoms with Gasteiger partial charge in [-0.2, -0.15) is 0 Å². The minimum atomic E-state index is -0.429. The van der Waals surface area contributed by atoms with Crippen molar-refractivity contribution in [3.05, 3.63) is 34.1 Å². The van der Waals surface area contributed by atoms with Crippen LogP contribution in [0.3, 0.4) is 0 Å².